The van der Waals surface area contributed by atoms with Crippen LogP contribution in [0.15, 0.2) is 30.3 Å². The minimum absolute atomic E-state index is 0.151. The molecule has 0 bridgehead atoms. The van der Waals surface area contributed by atoms with Gasteiger partial charge in [-0.1, -0.05) is 0 Å². The van der Waals surface area contributed by atoms with Gasteiger partial charge >= 0.3 is 0 Å². The number of ether oxygens (including phenoxy) is 3. The molecule has 0 spiro atoms. The zero-order chi connectivity index (χ0) is 25.2. The summed E-state index contributed by atoms with van der Waals surface area (Å²) in [4.78, 5) is 31.4. The number of morpholine rings is 2. The van der Waals surface area contributed by atoms with Crippen molar-refractivity contribution in [3.05, 3.63) is 35.9 Å². The van der Waals surface area contributed by atoms with Crippen LogP contribution >= 0.6 is 0 Å². The van der Waals surface area contributed by atoms with Crippen LogP contribution in [0.5, 0.6) is 5.75 Å². The van der Waals surface area contributed by atoms with E-state index in [0.717, 1.165) is 23.3 Å². The predicted octanol–water partition coefficient (Wildman–Crippen LogP) is 2.64. The molecule has 3 aromatic rings. The molecule has 10 heteroatoms. The Morgan fingerprint density at radius 2 is 1.75 bits per heavy atom. The number of primary amides is 1. The van der Waals surface area contributed by atoms with Crippen LogP contribution in [0.3, 0.4) is 0 Å². The summed E-state index contributed by atoms with van der Waals surface area (Å²) in [5.41, 5.74) is 7.99. The number of hydrogen-bond donors (Lipinski definition) is 1. The van der Waals surface area contributed by atoms with Gasteiger partial charge < -0.3 is 29.7 Å². The van der Waals surface area contributed by atoms with Crippen molar-refractivity contribution < 1.29 is 19.0 Å². The van der Waals surface area contributed by atoms with E-state index in [4.69, 9.17) is 34.9 Å². The van der Waals surface area contributed by atoms with Crippen LogP contribution in [-0.4, -0.2) is 79.1 Å². The van der Waals surface area contributed by atoms with E-state index in [9.17, 15) is 4.79 Å². The quantitative estimate of drug-likeness (QED) is 0.554. The number of carbonyl (C=O) groups is 1. The average Bonchev–Trinajstić information content (AvgIpc) is 2.88. The first-order valence-electron chi connectivity index (χ1n) is 12.4. The van der Waals surface area contributed by atoms with Crippen LogP contribution < -0.4 is 20.3 Å². The number of nitrogens with two attached hydrogens (primary N) is 1. The van der Waals surface area contributed by atoms with Gasteiger partial charge in [0.2, 0.25) is 5.95 Å². The largest absolute Gasteiger partial charge is 0.493 e. The first-order chi connectivity index (χ1) is 17.5. The van der Waals surface area contributed by atoms with Crippen molar-refractivity contribution >= 4 is 28.7 Å². The van der Waals surface area contributed by atoms with Gasteiger partial charge in [0.05, 0.1) is 61.8 Å². The molecule has 1 aromatic carbocycles. The third-order valence-corrected chi connectivity index (χ3v) is 6.63. The molecule has 4 heterocycles. The van der Waals surface area contributed by atoms with E-state index in [1.54, 1.807) is 12.1 Å². The summed E-state index contributed by atoms with van der Waals surface area (Å²) in [6.45, 7) is 10.6. The van der Waals surface area contributed by atoms with Crippen LogP contribution in [-0.2, 0) is 9.47 Å². The number of aromatic nitrogens is 3. The van der Waals surface area contributed by atoms with Gasteiger partial charge in [-0.25, -0.2) is 4.98 Å². The topological polar surface area (TPSA) is 116 Å². The van der Waals surface area contributed by atoms with Gasteiger partial charge in [-0.05, 0) is 51.1 Å². The molecular formula is C26H32N6O4. The van der Waals surface area contributed by atoms with E-state index in [1.807, 2.05) is 25.1 Å². The lowest BCUT2D eigenvalue weighted by atomic mass is 10.1. The minimum atomic E-state index is -0.546. The highest BCUT2D eigenvalue weighted by Crippen LogP contribution is 2.32. The molecule has 2 N–H and O–H groups in total. The van der Waals surface area contributed by atoms with Crippen molar-refractivity contribution in [1.82, 2.24) is 15.0 Å². The number of carbonyl (C=O) groups excluding carboxylic acids is 1. The van der Waals surface area contributed by atoms with E-state index < -0.39 is 5.91 Å². The lowest BCUT2D eigenvalue weighted by Crippen LogP contribution is -2.46. The molecule has 0 saturated carbocycles. The van der Waals surface area contributed by atoms with E-state index >= 15 is 0 Å². The van der Waals surface area contributed by atoms with Crippen molar-refractivity contribution in [2.24, 2.45) is 5.73 Å². The fraction of sp³-hybridized carbons (Fsp3) is 0.462. The Balaban J connectivity index is 1.63. The summed E-state index contributed by atoms with van der Waals surface area (Å²) >= 11 is 0. The van der Waals surface area contributed by atoms with Gasteiger partial charge in [0.15, 0.2) is 5.65 Å². The number of anilines is 2. The highest BCUT2D eigenvalue weighted by atomic mass is 16.5. The van der Waals surface area contributed by atoms with Gasteiger partial charge in [-0.2, -0.15) is 9.97 Å². The molecule has 36 heavy (non-hydrogen) atoms. The molecule has 2 atom stereocenters. The van der Waals surface area contributed by atoms with Crippen LogP contribution in [0.1, 0.15) is 31.1 Å². The smallest absolute Gasteiger partial charge is 0.252 e. The molecule has 2 fully saturated rings. The van der Waals surface area contributed by atoms with Crippen LogP contribution in [0.2, 0.25) is 0 Å². The van der Waals surface area contributed by atoms with Gasteiger partial charge in [0.25, 0.3) is 5.91 Å². The van der Waals surface area contributed by atoms with E-state index in [2.05, 4.69) is 23.6 Å². The number of pyridine rings is 1. The zero-order valence-electron chi connectivity index (χ0n) is 20.9. The van der Waals surface area contributed by atoms with Gasteiger partial charge in [0, 0.05) is 18.7 Å². The third-order valence-electron chi connectivity index (χ3n) is 6.63. The molecule has 0 radical (unpaired) electrons. The Labute approximate surface area is 210 Å². The number of hydrogen-bond acceptors (Lipinski definition) is 9. The van der Waals surface area contributed by atoms with Gasteiger partial charge in [0.1, 0.15) is 11.6 Å². The molecule has 2 aliphatic rings. The highest BCUT2D eigenvalue weighted by Gasteiger charge is 2.27. The highest BCUT2D eigenvalue weighted by molar-refractivity contribution is 5.97. The van der Waals surface area contributed by atoms with Crippen molar-refractivity contribution in [2.75, 3.05) is 55.9 Å². The summed E-state index contributed by atoms with van der Waals surface area (Å²) in [5, 5.41) is 0.873. The maximum Gasteiger partial charge on any atom is 0.252 e. The Hall–Kier alpha value is -3.50. The van der Waals surface area contributed by atoms with E-state index in [-0.39, 0.29) is 12.1 Å². The molecule has 5 rings (SSSR count). The molecule has 2 saturated heterocycles. The van der Waals surface area contributed by atoms with Crippen molar-refractivity contribution in [1.29, 1.82) is 0 Å². The molecule has 2 aromatic heterocycles. The molecule has 0 aliphatic carbocycles. The Morgan fingerprint density at radius 3 is 2.42 bits per heavy atom. The van der Waals surface area contributed by atoms with Crippen LogP contribution in [0.4, 0.5) is 11.8 Å². The summed E-state index contributed by atoms with van der Waals surface area (Å²) in [5.74, 6) is 1.41. The normalized spacial score (nSPS) is 20.5. The first kappa shape index (κ1) is 24.2. The molecule has 190 valence electrons. The van der Waals surface area contributed by atoms with E-state index in [0.29, 0.717) is 68.2 Å². The first-order valence-corrected chi connectivity index (χ1v) is 12.4. The number of rotatable bonds is 6. The Bertz CT molecular complexity index is 1270. The second-order valence-electron chi connectivity index (χ2n) is 9.16. The fourth-order valence-corrected chi connectivity index (χ4v) is 4.72. The lowest BCUT2D eigenvalue weighted by Gasteiger charge is -2.37. The summed E-state index contributed by atoms with van der Waals surface area (Å²) < 4.78 is 16.9. The average molecular weight is 493 g/mol. The standard InChI is InChI=1S/C26H32N6O4/c1-4-36-22-8-5-18(13-20(22)23(27)33)21-7-6-19-24(28-21)29-26(32-10-12-35-15-17(32)3)30-25(19)31-9-11-34-14-16(31)2/h5-8,13,16-17H,4,9-12,14-15H2,1-3H3,(H2,27,33)/t16-,17-/m0/s1. The zero-order valence-corrected chi connectivity index (χ0v) is 20.9. The Morgan fingerprint density at radius 1 is 1.03 bits per heavy atom. The molecule has 0 unspecified atom stereocenters. The van der Waals surface area contributed by atoms with Crippen molar-refractivity contribution in [3.63, 3.8) is 0 Å². The van der Waals surface area contributed by atoms with Crippen LogP contribution in [0.25, 0.3) is 22.3 Å². The van der Waals surface area contributed by atoms with Crippen molar-refractivity contribution in [2.45, 2.75) is 32.9 Å². The maximum absolute atomic E-state index is 12.1. The molecule has 10 nitrogen and oxygen atoms in total. The van der Waals surface area contributed by atoms with E-state index in [1.165, 1.54) is 0 Å². The minimum Gasteiger partial charge on any atom is -0.493 e. The lowest BCUT2D eigenvalue weighted by molar-refractivity contribution is 0.0973. The predicted molar refractivity (Wildman–Crippen MR) is 138 cm³/mol. The third kappa shape index (κ3) is 4.66. The Kier molecular flexibility index (Phi) is 6.88. The van der Waals surface area contributed by atoms with Crippen LogP contribution in [0, 0.1) is 0 Å². The second kappa shape index (κ2) is 10.2. The maximum atomic E-state index is 12.1. The number of benzene rings is 1. The number of amides is 1. The fourth-order valence-electron chi connectivity index (χ4n) is 4.72. The summed E-state index contributed by atoms with van der Waals surface area (Å²) in [6.07, 6.45) is 0. The second-order valence-corrected chi connectivity index (χ2v) is 9.16. The SMILES string of the molecule is CCOc1ccc(-c2ccc3c(N4CCOC[C@@H]4C)nc(N4CCOC[C@@H]4C)nc3n2)cc1C(N)=O. The van der Waals surface area contributed by atoms with Gasteiger partial charge in [-0.3, -0.25) is 4.79 Å². The summed E-state index contributed by atoms with van der Waals surface area (Å²) in [7, 11) is 0. The number of fused-ring (bicyclic) bond motifs is 1. The molecular weight excluding hydrogens is 460 g/mol. The van der Waals surface area contributed by atoms with Gasteiger partial charge in [-0.15, -0.1) is 0 Å². The monoisotopic (exact) mass is 492 g/mol. The molecule has 1 amide bonds. The number of nitrogens with zero attached hydrogens (tertiary/aromatic N) is 5. The molecule has 2 aliphatic heterocycles. The summed E-state index contributed by atoms with van der Waals surface area (Å²) in [6, 6.07) is 9.61. The van der Waals surface area contributed by atoms with Crippen molar-refractivity contribution in [3.8, 4) is 17.0 Å².